The Morgan fingerprint density at radius 1 is 0.463 bits per heavy atom. The number of hydrogen-bond donors (Lipinski definition) is 0. The van der Waals surface area contributed by atoms with Crippen molar-refractivity contribution in [2.45, 2.75) is 0 Å². The lowest BCUT2D eigenvalue weighted by Crippen LogP contribution is -2.05. The third kappa shape index (κ3) is 5.00. The van der Waals surface area contributed by atoms with Gasteiger partial charge in [-0.1, -0.05) is 153 Å². The summed E-state index contributed by atoms with van der Waals surface area (Å²) in [5, 5.41) is 7.18. The average Bonchev–Trinajstić information content (AvgIpc) is 3.75. The predicted octanol–water partition coefficient (Wildman–Crippen LogP) is 12.9. The zero-order valence-electron chi connectivity index (χ0n) is 29.5. The molecule has 0 unspecified atom stereocenters. The molecule has 10 rings (SSSR count). The van der Waals surface area contributed by atoms with Gasteiger partial charge in [-0.25, -0.2) is 9.97 Å². The molecular weight excluding hydrogens is 657 g/mol. The maximum atomic E-state index is 5.22. The lowest BCUT2D eigenvalue weighted by atomic mass is 10.0. The molecule has 54 heavy (non-hydrogen) atoms. The number of aromatic nitrogens is 4. The van der Waals surface area contributed by atoms with Gasteiger partial charge in [-0.3, -0.25) is 4.57 Å². The molecule has 0 radical (unpaired) electrons. The standard InChI is InChI=1S/C50H34N4/c1-3-15-33(4-2)43-32-44(35-17-6-5-7-18-35)52-50(51-43)54-47-24-13-10-21-39(47)41-28-26-37(31-49(41)54)36-27-29-48-42(30-36)40-22-11-12-23-46(40)53(48)45-25-14-19-34-16-8-9-20-38(34)45/h3-32H,1-2H2/b33-15+. The first-order chi connectivity index (χ1) is 26.7. The van der Waals surface area contributed by atoms with Crippen molar-refractivity contribution in [3.8, 4) is 34.0 Å². The Labute approximate surface area is 312 Å². The van der Waals surface area contributed by atoms with Gasteiger partial charge in [-0.2, -0.15) is 0 Å². The minimum atomic E-state index is 0.597. The van der Waals surface area contributed by atoms with Crippen LogP contribution < -0.4 is 0 Å². The van der Waals surface area contributed by atoms with Gasteiger partial charge < -0.3 is 4.57 Å². The van der Waals surface area contributed by atoms with Gasteiger partial charge in [0.25, 0.3) is 0 Å². The third-order valence-corrected chi connectivity index (χ3v) is 10.5. The van der Waals surface area contributed by atoms with E-state index in [-0.39, 0.29) is 0 Å². The maximum absolute atomic E-state index is 5.22. The zero-order chi connectivity index (χ0) is 36.2. The molecule has 0 bridgehead atoms. The van der Waals surface area contributed by atoms with Gasteiger partial charge in [0.05, 0.1) is 39.1 Å². The van der Waals surface area contributed by atoms with Gasteiger partial charge in [0.1, 0.15) is 0 Å². The monoisotopic (exact) mass is 690 g/mol. The van der Waals surface area contributed by atoms with Gasteiger partial charge in [0.15, 0.2) is 0 Å². The number of para-hydroxylation sites is 2. The Bertz CT molecular complexity index is 3140. The molecule has 4 heteroatoms. The molecule has 0 atom stereocenters. The van der Waals surface area contributed by atoms with Crippen LogP contribution in [0.1, 0.15) is 5.69 Å². The van der Waals surface area contributed by atoms with Crippen LogP contribution in [0.25, 0.3) is 94.0 Å². The highest BCUT2D eigenvalue weighted by Gasteiger charge is 2.19. The van der Waals surface area contributed by atoms with Crippen LogP contribution in [0.15, 0.2) is 195 Å². The van der Waals surface area contributed by atoms with Crippen molar-refractivity contribution in [3.05, 3.63) is 201 Å². The number of rotatable bonds is 7. The zero-order valence-corrected chi connectivity index (χ0v) is 29.5. The maximum Gasteiger partial charge on any atom is 0.235 e. The summed E-state index contributed by atoms with van der Waals surface area (Å²) >= 11 is 0. The van der Waals surface area contributed by atoms with Gasteiger partial charge in [0.2, 0.25) is 5.95 Å². The fourth-order valence-electron chi connectivity index (χ4n) is 8.01. The summed E-state index contributed by atoms with van der Waals surface area (Å²) in [6.07, 6.45) is 5.52. The van der Waals surface area contributed by atoms with Crippen LogP contribution in [-0.4, -0.2) is 19.1 Å². The minimum absolute atomic E-state index is 0.597. The molecule has 4 nitrogen and oxygen atoms in total. The number of benzene rings is 7. The van der Waals surface area contributed by atoms with E-state index < -0.39 is 0 Å². The molecule has 254 valence electrons. The molecule has 3 heterocycles. The van der Waals surface area contributed by atoms with Crippen LogP contribution in [0.3, 0.4) is 0 Å². The van der Waals surface area contributed by atoms with E-state index in [0.717, 1.165) is 55.5 Å². The first-order valence-electron chi connectivity index (χ1n) is 18.2. The van der Waals surface area contributed by atoms with Gasteiger partial charge in [-0.15, -0.1) is 0 Å². The Morgan fingerprint density at radius 2 is 1.09 bits per heavy atom. The largest absolute Gasteiger partial charge is 0.309 e. The molecule has 0 fully saturated rings. The van der Waals surface area contributed by atoms with Crippen molar-refractivity contribution in [2.75, 3.05) is 0 Å². The molecule has 0 N–H and O–H groups in total. The molecule has 0 aliphatic rings. The van der Waals surface area contributed by atoms with Crippen molar-refractivity contribution in [1.82, 2.24) is 19.1 Å². The van der Waals surface area contributed by atoms with Crippen LogP contribution in [0.2, 0.25) is 0 Å². The van der Waals surface area contributed by atoms with Crippen molar-refractivity contribution in [1.29, 1.82) is 0 Å². The molecule has 0 spiro atoms. The predicted molar refractivity (Wildman–Crippen MR) is 227 cm³/mol. The highest BCUT2D eigenvalue weighted by Crippen LogP contribution is 2.39. The molecule has 0 saturated carbocycles. The fraction of sp³-hybridized carbons (Fsp3) is 0. The van der Waals surface area contributed by atoms with Gasteiger partial charge in [0, 0.05) is 32.5 Å². The van der Waals surface area contributed by atoms with Crippen LogP contribution in [0.4, 0.5) is 0 Å². The van der Waals surface area contributed by atoms with Crippen molar-refractivity contribution < 1.29 is 0 Å². The lowest BCUT2D eigenvalue weighted by molar-refractivity contribution is 0.983. The summed E-state index contributed by atoms with van der Waals surface area (Å²) in [5.41, 5.74) is 11.4. The van der Waals surface area contributed by atoms with Gasteiger partial charge >= 0.3 is 0 Å². The molecule has 0 aliphatic carbocycles. The van der Waals surface area contributed by atoms with Crippen molar-refractivity contribution in [3.63, 3.8) is 0 Å². The SMILES string of the molecule is C=C/C=C(\C=C)c1cc(-c2ccccc2)nc(-n2c3ccccc3c3ccc(-c4ccc5c(c4)c4ccccc4n5-c4cccc5ccccc45)cc32)n1. The number of fused-ring (bicyclic) bond motifs is 7. The van der Waals surface area contributed by atoms with Crippen LogP contribution in [0, 0.1) is 0 Å². The normalized spacial score (nSPS) is 12.0. The lowest BCUT2D eigenvalue weighted by Gasteiger charge is -2.13. The topological polar surface area (TPSA) is 35.6 Å². The first-order valence-corrected chi connectivity index (χ1v) is 18.2. The van der Waals surface area contributed by atoms with Crippen LogP contribution in [-0.2, 0) is 0 Å². The second-order valence-electron chi connectivity index (χ2n) is 13.5. The number of allylic oxidation sites excluding steroid dienone is 4. The van der Waals surface area contributed by atoms with E-state index in [1.54, 1.807) is 6.08 Å². The summed E-state index contributed by atoms with van der Waals surface area (Å²) in [7, 11) is 0. The van der Waals surface area contributed by atoms with Gasteiger partial charge in [-0.05, 0) is 64.6 Å². The summed E-state index contributed by atoms with van der Waals surface area (Å²) in [5.74, 6) is 0.597. The quantitative estimate of drug-likeness (QED) is 0.156. The summed E-state index contributed by atoms with van der Waals surface area (Å²) in [4.78, 5) is 10.4. The molecule has 0 saturated heterocycles. The highest BCUT2D eigenvalue weighted by atomic mass is 15.2. The molecule has 0 aliphatic heterocycles. The smallest absolute Gasteiger partial charge is 0.235 e. The number of hydrogen-bond acceptors (Lipinski definition) is 2. The molecule has 10 aromatic rings. The fourth-order valence-corrected chi connectivity index (χ4v) is 8.01. The Kier molecular flexibility index (Phi) is 7.41. The highest BCUT2D eigenvalue weighted by molar-refractivity contribution is 6.13. The van der Waals surface area contributed by atoms with Crippen molar-refractivity contribution >= 4 is 60.0 Å². The molecule has 7 aromatic carbocycles. The summed E-state index contributed by atoms with van der Waals surface area (Å²) in [6, 6.07) is 58.3. The second-order valence-corrected chi connectivity index (χ2v) is 13.5. The molecular formula is C50H34N4. The Balaban J connectivity index is 1.20. The average molecular weight is 691 g/mol. The van der Waals surface area contributed by atoms with E-state index in [9.17, 15) is 0 Å². The van der Waals surface area contributed by atoms with E-state index in [1.807, 2.05) is 36.4 Å². The van der Waals surface area contributed by atoms with E-state index in [2.05, 4.69) is 162 Å². The summed E-state index contributed by atoms with van der Waals surface area (Å²) in [6.45, 7) is 8.02. The van der Waals surface area contributed by atoms with E-state index in [4.69, 9.17) is 9.97 Å². The molecule has 3 aromatic heterocycles. The molecule has 0 amide bonds. The Hall–Kier alpha value is -7.30. The van der Waals surface area contributed by atoms with Crippen LogP contribution >= 0.6 is 0 Å². The third-order valence-electron chi connectivity index (χ3n) is 10.5. The second kappa shape index (κ2) is 12.7. The minimum Gasteiger partial charge on any atom is -0.309 e. The first kappa shape index (κ1) is 31.4. The van der Waals surface area contributed by atoms with E-state index >= 15 is 0 Å². The number of nitrogens with zero attached hydrogens (tertiary/aromatic N) is 4. The van der Waals surface area contributed by atoms with Crippen LogP contribution in [0.5, 0.6) is 0 Å². The van der Waals surface area contributed by atoms with E-state index in [0.29, 0.717) is 5.95 Å². The Morgan fingerprint density at radius 3 is 1.89 bits per heavy atom. The van der Waals surface area contributed by atoms with Crippen molar-refractivity contribution in [2.24, 2.45) is 0 Å². The summed E-state index contributed by atoms with van der Waals surface area (Å²) < 4.78 is 4.61. The van der Waals surface area contributed by atoms with E-state index in [1.165, 1.54) is 38.3 Å².